The van der Waals surface area contributed by atoms with Crippen LogP contribution in [-0.4, -0.2) is 24.5 Å². The van der Waals surface area contributed by atoms with Crippen molar-refractivity contribution in [2.75, 3.05) is 0 Å². The summed E-state index contributed by atoms with van der Waals surface area (Å²) < 4.78 is 5.67. The van der Waals surface area contributed by atoms with Gasteiger partial charge in [-0.25, -0.2) is 0 Å². The Kier molecular flexibility index (Phi) is 3.60. The number of ketones is 1. The first-order chi connectivity index (χ1) is 7.11. The van der Waals surface area contributed by atoms with E-state index in [0.29, 0.717) is 24.5 Å². The highest BCUT2D eigenvalue weighted by molar-refractivity contribution is 7.92. The molecule has 0 amide bonds. The van der Waals surface area contributed by atoms with E-state index in [2.05, 4.69) is 18.2 Å². The third-order valence-electron chi connectivity index (χ3n) is 3.51. The number of carbonyl (C=O) groups is 2. The number of fused-ring (bicyclic) bond motifs is 1. The lowest BCUT2D eigenvalue weighted by atomic mass is 9.92. The standard InChI is InChI=1S/C9H15BO3P2/c11-4-8-7-3-6(12)1-5(7)2-9(8)13-10(14)15/h4-5,7-9H,1-3,14-15H2/t5-,7-,8-,9+/m0/s1. The number of rotatable bonds is 3. The molecule has 0 heterocycles. The zero-order valence-electron chi connectivity index (χ0n) is 8.46. The van der Waals surface area contributed by atoms with Crippen LogP contribution in [0.3, 0.4) is 0 Å². The van der Waals surface area contributed by atoms with E-state index >= 15 is 0 Å². The number of Topliss-reactive ketones (excluding diaryl/α,β-unsaturated/α-hetero) is 1. The molecule has 82 valence electrons. The lowest BCUT2D eigenvalue weighted by Gasteiger charge is -2.20. The van der Waals surface area contributed by atoms with Gasteiger partial charge in [0.05, 0.1) is 6.10 Å². The average molecular weight is 244 g/mol. The van der Waals surface area contributed by atoms with E-state index in [-0.39, 0.29) is 24.3 Å². The lowest BCUT2D eigenvalue weighted by Crippen LogP contribution is -2.26. The normalized spacial score (nSPS) is 39.2. The zero-order chi connectivity index (χ0) is 11.0. The van der Waals surface area contributed by atoms with Gasteiger partial charge in [0.25, 0.3) is 0 Å². The van der Waals surface area contributed by atoms with Crippen LogP contribution in [0, 0.1) is 17.8 Å². The third-order valence-corrected chi connectivity index (χ3v) is 3.82. The van der Waals surface area contributed by atoms with Crippen LogP contribution in [0.4, 0.5) is 0 Å². The fourth-order valence-electron chi connectivity index (χ4n) is 2.93. The molecule has 2 unspecified atom stereocenters. The average Bonchev–Trinajstić information content (AvgIpc) is 2.59. The highest BCUT2D eigenvalue weighted by Crippen LogP contribution is 2.47. The van der Waals surface area contributed by atoms with Gasteiger partial charge in [0.1, 0.15) is 12.1 Å². The predicted octanol–water partition coefficient (Wildman–Crippen LogP) is 0.921. The van der Waals surface area contributed by atoms with Crippen molar-refractivity contribution in [1.29, 1.82) is 0 Å². The van der Waals surface area contributed by atoms with Crippen molar-refractivity contribution in [2.45, 2.75) is 25.4 Å². The Labute approximate surface area is 94.5 Å². The maximum atomic E-state index is 11.3. The summed E-state index contributed by atoms with van der Waals surface area (Å²) in [6, 6.07) is 0. The molecule has 0 N–H and O–H groups in total. The Bertz CT molecular complexity index is 285. The molecular weight excluding hydrogens is 229 g/mol. The molecule has 0 aromatic heterocycles. The summed E-state index contributed by atoms with van der Waals surface area (Å²) in [5.41, 5.74) is 0. The van der Waals surface area contributed by atoms with E-state index in [1.54, 1.807) is 0 Å². The maximum Gasteiger partial charge on any atom is 0.336 e. The van der Waals surface area contributed by atoms with E-state index in [4.69, 9.17) is 4.65 Å². The monoisotopic (exact) mass is 244 g/mol. The van der Waals surface area contributed by atoms with Gasteiger partial charge in [0.15, 0.2) is 0 Å². The van der Waals surface area contributed by atoms with Crippen molar-refractivity contribution >= 4 is 36.7 Å². The van der Waals surface area contributed by atoms with Crippen molar-refractivity contribution in [2.24, 2.45) is 17.8 Å². The van der Waals surface area contributed by atoms with Crippen molar-refractivity contribution < 1.29 is 14.2 Å². The van der Waals surface area contributed by atoms with E-state index < -0.39 is 0 Å². The molecule has 2 rings (SSSR count). The molecule has 15 heavy (non-hydrogen) atoms. The number of carbonyl (C=O) groups excluding carboxylic acids is 2. The second-order valence-electron chi connectivity index (χ2n) is 4.46. The molecule has 0 aromatic rings. The van der Waals surface area contributed by atoms with Gasteiger partial charge >= 0.3 is 6.35 Å². The summed E-state index contributed by atoms with van der Waals surface area (Å²) in [6.07, 6.45) is 3.06. The maximum absolute atomic E-state index is 11.3. The van der Waals surface area contributed by atoms with Crippen LogP contribution in [0.5, 0.6) is 0 Å². The second-order valence-corrected chi connectivity index (χ2v) is 6.54. The van der Waals surface area contributed by atoms with Crippen molar-refractivity contribution in [3.63, 3.8) is 0 Å². The van der Waals surface area contributed by atoms with Crippen LogP contribution in [0.25, 0.3) is 0 Å². The highest BCUT2D eigenvalue weighted by atomic mass is 31.1. The number of hydrogen-bond acceptors (Lipinski definition) is 3. The van der Waals surface area contributed by atoms with E-state index in [1.165, 1.54) is 0 Å². The van der Waals surface area contributed by atoms with Crippen molar-refractivity contribution in [3.05, 3.63) is 0 Å². The Hall–Kier alpha value is 0.225. The summed E-state index contributed by atoms with van der Waals surface area (Å²) in [5.74, 6) is 0.855. The molecule has 0 aromatic carbocycles. The van der Waals surface area contributed by atoms with E-state index in [0.717, 1.165) is 12.7 Å². The largest absolute Gasteiger partial charge is 0.424 e. The highest BCUT2D eigenvalue weighted by Gasteiger charge is 2.48. The SMILES string of the molecule is O=C[C@H]1[C@H]2CC(=O)C[C@H]2C[C@H]1OB(P)P. The third kappa shape index (κ3) is 2.33. The minimum atomic E-state index is -0.0787. The minimum absolute atomic E-state index is 0.00519. The van der Waals surface area contributed by atoms with Crippen LogP contribution < -0.4 is 0 Å². The molecular formula is C9H15BO3P2. The van der Waals surface area contributed by atoms with E-state index in [9.17, 15) is 9.59 Å². The number of aldehydes is 1. The molecule has 0 bridgehead atoms. The molecule has 6 atom stereocenters. The topological polar surface area (TPSA) is 43.4 Å². The van der Waals surface area contributed by atoms with Crippen LogP contribution >= 0.6 is 18.2 Å². The molecule has 2 saturated carbocycles. The molecule has 2 aliphatic carbocycles. The van der Waals surface area contributed by atoms with Crippen LogP contribution in [0.2, 0.25) is 0 Å². The van der Waals surface area contributed by atoms with Gasteiger partial charge in [-0.3, -0.25) is 4.79 Å². The van der Waals surface area contributed by atoms with Gasteiger partial charge in [-0.2, -0.15) is 0 Å². The first kappa shape index (κ1) is 11.7. The summed E-state index contributed by atoms with van der Waals surface area (Å²) in [5, 5.41) is 0. The van der Waals surface area contributed by atoms with E-state index in [1.807, 2.05) is 0 Å². The first-order valence-electron chi connectivity index (χ1n) is 5.25. The lowest BCUT2D eigenvalue weighted by molar-refractivity contribution is -0.118. The summed E-state index contributed by atoms with van der Waals surface area (Å²) in [7, 11) is 5.09. The Morgan fingerprint density at radius 2 is 2.13 bits per heavy atom. The van der Waals surface area contributed by atoms with Crippen LogP contribution in [0.15, 0.2) is 0 Å². The van der Waals surface area contributed by atoms with Gasteiger partial charge < -0.3 is 9.45 Å². The van der Waals surface area contributed by atoms with Gasteiger partial charge in [0.2, 0.25) is 0 Å². The molecule has 2 fully saturated rings. The summed E-state index contributed by atoms with van der Waals surface area (Å²) >= 11 is 0. The quantitative estimate of drug-likeness (QED) is 0.421. The molecule has 0 aliphatic heterocycles. The fraction of sp³-hybridized carbons (Fsp3) is 0.778. The predicted molar refractivity (Wildman–Crippen MR) is 65.4 cm³/mol. The van der Waals surface area contributed by atoms with Gasteiger partial charge in [-0.1, -0.05) is 0 Å². The molecule has 0 spiro atoms. The van der Waals surface area contributed by atoms with Gasteiger partial charge in [-0.05, 0) is 18.3 Å². The summed E-state index contributed by atoms with van der Waals surface area (Å²) in [6.45, 7) is 0. The van der Waals surface area contributed by atoms with Crippen LogP contribution in [-0.2, 0) is 14.2 Å². The zero-order valence-corrected chi connectivity index (χ0v) is 10.8. The van der Waals surface area contributed by atoms with Gasteiger partial charge in [-0.15, -0.1) is 18.2 Å². The molecule has 0 radical (unpaired) electrons. The fourth-order valence-corrected chi connectivity index (χ4v) is 3.34. The Morgan fingerprint density at radius 3 is 2.73 bits per heavy atom. The molecule has 0 saturated heterocycles. The summed E-state index contributed by atoms with van der Waals surface area (Å²) in [4.78, 5) is 22.3. The molecule has 3 nitrogen and oxygen atoms in total. The van der Waals surface area contributed by atoms with Crippen molar-refractivity contribution in [3.8, 4) is 0 Å². The first-order valence-corrected chi connectivity index (χ1v) is 6.58. The van der Waals surface area contributed by atoms with Crippen LogP contribution in [0.1, 0.15) is 19.3 Å². The Balaban J connectivity index is 2.06. The van der Waals surface area contributed by atoms with Gasteiger partial charge in [0, 0.05) is 18.8 Å². The van der Waals surface area contributed by atoms with Crippen molar-refractivity contribution in [1.82, 2.24) is 0 Å². The smallest absolute Gasteiger partial charge is 0.336 e. The molecule has 2 aliphatic rings. The molecule has 6 heteroatoms. The Morgan fingerprint density at radius 1 is 1.40 bits per heavy atom. The minimum Gasteiger partial charge on any atom is -0.424 e. The second kappa shape index (κ2) is 4.61. The number of hydrogen-bond donors (Lipinski definition) is 0.